The van der Waals surface area contributed by atoms with Gasteiger partial charge in [-0.25, -0.2) is 0 Å². The first-order valence-corrected chi connectivity index (χ1v) is 4.31. The molecule has 1 atom stereocenters. The van der Waals surface area contributed by atoms with E-state index in [9.17, 15) is 0 Å². The van der Waals surface area contributed by atoms with Crippen LogP contribution in [-0.4, -0.2) is 0 Å². The van der Waals surface area contributed by atoms with Crippen molar-refractivity contribution >= 4 is 0 Å². The van der Waals surface area contributed by atoms with Crippen molar-refractivity contribution in [3.63, 3.8) is 0 Å². The van der Waals surface area contributed by atoms with E-state index in [1.54, 1.807) is 0 Å². The van der Waals surface area contributed by atoms with E-state index in [1.807, 2.05) is 36.4 Å². The van der Waals surface area contributed by atoms with Crippen molar-refractivity contribution in [2.75, 3.05) is 0 Å². The van der Waals surface area contributed by atoms with Gasteiger partial charge in [-0.15, -0.1) is 0 Å². The predicted octanol–water partition coefficient (Wildman–Crippen LogP) is 2.65. The first-order chi connectivity index (χ1) is 5.84. The van der Waals surface area contributed by atoms with Crippen LogP contribution >= 0.6 is 0 Å². The van der Waals surface area contributed by atoms with Gasteiger partial charge in [-0.3, -0.25) is 0 Å². The fourth-order valence-corrected chi connectivity index (χ4v) is 1.07. The van der Waals surface area contributed by atoms with Crippen molar-refractivity contribution in [2.24, 2.45) is 5.73 Å². The van der Waals surface area contributed by atoms with E-state index in [2.05, 4.69) is 13.0 Å². The van der Waals surface area contributed by atoms with Gasteiger partial charge in [-0.1, -0.05) is 49.4 Å². The number of nitrogens with two attached hydrogens (primary N) is 1. The highest BCUT2D eigenvalue weighted by Gasteiger charge is 1.97. The van der Waals surface area contributed by atoms with E-state index < -0.39 is 0 Å². The standard InChI is InChI=1S/C11H15N/c1-2-3-9-11(12)10-7-5-4-6-8-10/h3-9,11H,2,12H2,1H3/b9-3-. The van der Waals surface area contributed by atoms with Crippen LogP contribution < -0.4 is 5.73 Å². The molecule has 12 heavy (non-hydrogen) atoms. The Labute approximate surface area is 73.9 Å². The molecule has 1 aromatic carbocycles. The topological polar surface area (TPSA) is 26.0 Å². The number of allylic oxidation sites excluding steroid dienone is 1. The van der Waals surface area contributed by atoms with Crippen LogP contribution in [0.1, 0.15) is 24.9 Å². The molecule has 1 heteroatoms. The Bertz CT molecular complexity index is 238. The Morgan fingerprint density at radius 3 is 2.58 bits per heavy atom. The summed E-state index contributed by atoms with van der Waals surface area (Å²) >= 11 is 0. The summed E-state index contributed by atoms with van der Waals surface area (Å²) in [7, 11) is 0. The molecule has 0 aliphatic heterocycles. The normalized spacial score (nSPS) is 13.5. The van der Waals surface area contributed by atoms with Gasteiger partial charge in [0.2, 0.25) is 0 Å². The maximum atomic E-state index is 5.89. The molecule has 0 spiro atoms. The van der Waals surface area contributed by atoms with Crippen molar-refractivity contribution in [1.29, 1.82) is 0 Å². The molecule has 0 saturated heterocycles. The molecular formula is C11H15N. The van der Waals surface area contributed by atoms with E-state index >= 15 is 0 Å². The third-order valence-corrected chi connectivity index (χ3v) is 1.76. The molecule has 2 N–H and O–H groups in total. The fourth-order valence-electron chi connectivity index (χ4n) is 1.07. The molecule has 0 bridgehead atoms. The highest BCUT2D eigenvalue weighted by molar-refractivity contribution is 5.22. The summed E-state index contributed by atoms with van der Waals surface area (Å²) < 4.78 is 0. The first-order valence-electron chi connectivity index (χ1n) is 4.31. The van der Waals surface area contributed by atoms with Gasteiger partial charge in [0.15, 0.2) is 0 Å². The lowest BCUT2D eigenvalue weighted by atomic mass is 10.1. The van der Waals surface area contributed by atoms with Gasteiger partial charge in [0.05, 0.1) is 0 Å². The van der Waals surface area contributed by atoms with Crippen LogP contribution in [0.15, 0.2) is 42.5 Å². The Hall–Kier alpha value is -1.08. The van der Waals surface area contributed by atoms with Crippen LogP contribution in [0.3, 0.4) is 0 Å². The number of hydrogen-bond acceptors (Lipinski definition) is 1. The molecule has 1 nitrogen and oxygen atoms in total. The minimum Gasteiger partial charge on any atom is -0.321 e. The first kappa shape index (κ1) is 9.01. The van der Waals surface area contributed by atoms with E-state index in [4.69, 9.17) is 5.73 Å². The van der Waals surface area contributed by atoms with E-state index in [0.29, 0.717) is 0 Å². The zero-order valence-corrected chi connectivity index (χ0v) is 7.40. The molecule has 1 rings (SSSR count). The van der Waals surface area contributed by atoms with Crippen molar-refractivity contribution in [2.45, 2.75) is 19.4 Å². The molecule has 0 aliphatic carbocycles. The molecule has 0 radical (unpaired) electrons. The Kier molecular flexibility index (Phi) is 3.55. The Morgan fingerprint density at radius 2 is 2.00 bits per heavy atom. The van der Waals surface area contributed by atoms with Crippen LogP contribution in [0.2, 0.25) is 0 Å². The SMILES string of the molecule is CC/C=C\C(N)c1ccccc1. The lowest BCUT2D eigenvalue weighted by Gasteiger charge is -2.05. The minimum absolute atomic E-state index is 0.0474. The smallest absolute Gasteiger partial charge is 0.0481 e. The van der Waals surface area contributed by atoms with Gasteiger partial charge in [-0.05, 0) is 12.0 Å². The van der Waals surface area contributed by atoms with Crippen molar-refractivity contribution in [3.8, 4) is 0 Å². The zero-order valence-electron chi connectivity index (χ0n) is 7.40. The molecule has 64 valence electrons. The number of benzene rings is 1. The predicted molar refractivity (Wildman–Crippen MR) is 52.8 cm³/mol. The molecule has 0 fully saturated rings. The van der Waals surface area contributed by atoms with Gasteiger partial charge in [0.25, 0.3) is 0 Å². The number of rotatable bonds is 3. The molecule has 1 unspecified atom stereocenters. The summed E-state index contributed by atoms with van der Waals surface area (Å²) in [5, 5.41) is 0. The lowest BCUT2D eigenvalue weighted by Crippen LogP contribution is -2.06. The number of hydrogen-bond donors (Lipinski definition) is 1. The third-order valence-electron chi connectivity index (χ3n) is 1.76. The van der Waals surface area contributed by atoms with Crippen molar-refractivity contribution < 1.29 is 0 Å². The van der Waals surface area contributed by atoms with Crippen LogP contribution in [0.4, 0.5) is 0 Å². The maximum absolute atomic E-state index is 5.89. The average Bonchev–Trinajstić information content (AvgIpc) is 2.15. The maximum Gasteiger partial charge on any atom is 0.0481 e. The fraction of sp³-hybridized carbons (Fsp3) is 0.273. The zero-order chi connectivity index (χ0) is 8.81. The summed E-state index contributed by atoms with van der Waals surface area (Å²) in [5.74, 6) is 0. The van der Waals surface area contributed by atoms with E-state index in [0.717, 1.165) is 6.42 Å². The summed E-state index contributed by atoms with van der Waals surface area (Å²) in [6, 6.07) is 10.2. The van der Waals surface area contributed by atoms with Crippen LogP contribution in [0, 0.1) is 0 Å². The molecule has 0 aliphatic rings. The van der Waals surface area contributed by atoms with Crippen LogP contribution in [-0.2, 0) is 0 Å². The third kappa shape index (κ3) is 2.51. The quantitative estimate of drug-likeness (QED) is 0.678. The summed E-state index contributed by atoms with van der Waals surface area (Å²) in [5.41, 5.74) is 7.06. The second-order valence-electron chi connectivity index (χ2n) is 2.77. The van der Waals surface area contributed by atoms with Gasteiger partial charge >= 0.3 is 0 Å². The monoisotopic (exact) mass is 161 g/mol. The Morgan fingerprint density at radius 1 is 1.33 bits per heavy atom. The van der Waals surface area contributed by atoms with Crippen molar-refractivity contribution in [3.05, 3.63) is 48.0 Å². The largest absolute Gasteiger partial charge is 0.321 e. The second-order valence-corrected chi connectivity index (χ2v) is 2.77. The van der Waals surface area contributed by atoms with Gasteiger partial charge in [0.1, 0.15) is 0 Å². The van der Waals surface area contributed by atoms with E-state index in [1.165, 1.54) is 5.56 Å². The molecular weight excluding hydrogens is 146 g/mol. The van der Waals surface area contributed by atoms with E-state index in [-0.39, 0.29) is 6.04 Å². The van der Waals surface area contributed by atoms with Crippen LogP contribution in [0.5, 0.6) is 0 Å². The van der Waals surface area contributed by atoms with Gasteiger partial charge in [0, 0.05) is 6.04 Å². The second kappa shape index (κ2) is 4.73. The average molecular weight is 161 g/mol. The highest BCUT2D eigenvalue weighted by Crippen LogP contribution is 2.10. The molecule has 0 aromatic heterocycles. The Balaban J connectivity index is 2.65. The molecule has 1 aromatic rings. The molecule has 0 heterocycles. The molecule has 0 saturated carbocycles. The summed E-state index contributed by atoms with van der Waals surface area (Å²) in [6.45, 7) is 2.11. The summed E-state index contributed by atoms with van der Waals surface area (Å²) in [4.78, 5) is 0. The highest BCUT2D eigenvalue weighted by atomic mass is 14.6. The lowest BCUT2D eigenvalue weighted by molar-refractivity contribution is 0.904. The van der Waals surface area contributed by atoms with Crippen LogP contribution in [0.25, 0.3) is 0 Å². The molecule has 0 amide bonds. The minimum atomic E-state index is 0.0474. The summed E-state index contributed by atoms with van der Waals surface area (Å²) in [6.07, 6.45) is 5.17. The van der Waals surface area contributed by atoms with Gasteiger partial charge < -0.3 is 5.73 Å². The van der Waals surface area contributed by atoms with Crippen molar-refractivity contribution in [1.82, 2.24) is 0 Å². The van der Waals surface area contributed by atoms with Gasteiger partial charge in [-0.2, -0.15) is 0 Å².